The van der Waals surface area contributed by atoms with Gasteiger partial charge in [-0.1, -0.05) is 0 Å². The Labute approximate surface area is 115 Å². The first-order chi connectivity index (χ1) is 9.59. The maximum Gasteiger partial charge on any atom is 0.314 e. The highest BCUT2D eigenvalue weighted by Gasteiger charge is 2.21. The molecule has 0 saturated heterocycles. The number of nitrogens with zero attached hydrogens (tertiary/aromatic N) is 3. The van der Waals surface area contributed by atoms with E-state index in [9.17, 15) is 14.9 Å². The maximum absolute atomic E-state index is 11.3. The Morgan fingerprint density at radius 2 is 2.35 bits per heavy atom. The second-order valence-electron chi connectivity index (χ2n) is 4.51. The van der Waals surface area contributed by atoms with Crippen LogP contribution in [0, 0.1) is 23.0 Å². The van der Waals surface area contributed by atoms with Crippen molar-refractivity contribution in [3.8, 4) is 0 Å². The van der Waals surface area contributed by atoms with Gasteiger partial charge in [-0.15, -0.1) is 0 Å². The summed E-state index contributed by atoms with van der Waals surface area (Å²) < 4.78 is 0. The van der Waals surface area contributed by atoms with Crippen molar-refractivity contribution in [2.45, 2.75) is 19.8 Å². The molecule has 1 aromatic heterocycles. The molecule has 2 N–H and O–H groups in total. The average Bonchev–Trinajstić information content (AvgIpc) is 2.80. The molecule has 0 radical (unpaired) electrons. The number of pyridine rings is 1. The normalized spacial score (nSPS) is 17.1. The monoisotopic (exact) mass is 277 g/mol. The van der Waals surface area contributed by atoms with Crippen LogP contribution in [0.4, 0.5) is 11.5 Å². The van der Waals surface area contributed by atoms with Crippen molar-refractivity contribution in [3.05, 3.63) is 27.9 Å². The van der Waals surface area contributed by atoms with Crippen LogP contribution in [-0.4, -0.2) is 28.6 Å². The molecule has 1 atom stereocenters. The summed E-state index contributed by atoms with van der Waals surface area (Å²) in [4.78, 5) is 25.8. The standard InChI is InChI=1S/C12H15N5O3/c1-8-4-6-14-11(10(8)17(19)20)13-5-2-3-9-7-15-16-12(9)18/h4,6-7,9H,2-3,5H2,1H3,(H,13,14)(H,16,18)/t9-/m0/s1. The Bertz CT molecular complexity index is 558. The van der Waals surface area contributed by atoms with E-state index in [2.05, 4.69) is 20.8 Å². The lowest BCUT2D eigenvalue weighted by Gasteiger charge is -2.08. The Hall–Kier alpha value is -2.51. The molecule has 1 aromatic rings. The summed E-state index contributed by atoms with van der Waals surface area (Å²) in [6.07, 6.45) is 4.44. The summed E-state index contributed by atoms with van der Waals surface area (Å²) >= 11 is 0. The Morgan fingerprint density at radius 1 is 1.55 bits per heavy atom. The van der Waals surface area contributed by atoms with E-state index in [0.717, 1.165) is 0 Å². The molecule has 106 valence electrons. The fraction of sp³-hybridized carbons (Fsp3) is 0.417. The van der Waals surface area contributed by atoms with Crippen LogP contribution < -0.4 is 10.7 Å². The van der Waals surface area contributed by atoms with E-state index >= 15 is 0 Å². The number of anilines is 1. The molecule has 0 spiro atoms. The zero-order valence-electron chi connectivity index (χ0n) is 11.0. The predicted molar refractivity (Wildman–Crippen MR) is 73.5 cm³/mol. The molecule has 0 aliphatic carbocycles. The quantitative estimate of drug-likeness (QED) is 0.461. The highest BCUT2D eigenvalue weighted by atomic mass is 16.6. The molecule has 0 fully saturated rings. The van der Waals surface area contributed by atoms with Crippen molar-refractivity contribution in [1.82, 2.24) is 10.4 Å². The molecule has 2 heterocycles. The Balaban J connectivity index is 1.88. The molecule has 0 unspecified atom stereocenters. The molecule has 1 aliphatic rings. The number of nitro groups is 1. The number of carbonyl (C=O) groups excluding carboxylic acids is 1. The second-order valence-corrected chi connectivity index (χ2v) is 4.51. The van der Waals surface area contributed by atoms with Crippen LogP contribution in [0.2, 0.25) is 0 Å². The van der Waals surface area contributed by atoms with E-state index in [0.29, 0.717) is 24.9 Å². The van der Waals surface area contributed by atoms with Gasteiger partial charge in [-0.25, -0.2) is 10.4 Å². The molecule has 1 amide bonds. The Morgan fingerprint density at radius 3 is 3.00 bits per heavy atom. The number of hydrazone groups is 1. The third-order valence-corrected chi connectivity index (χ3v) is 3.06. The zero-order valence-corrected chi connectivity index (χ0v) is 11.0. The van der Waals surface area contributed by atoms with Crippen molar-refractivity contribution in [1.29, 1.82) is 0 Å². The SMILES string of the molecule is Cc1ccnc(NCCC[C@H]2C=NNC2=O)c1[N+](=O)[O-]. The fourth-order valence-corrected chi connectivity index (χ4v) is 1.99. The molecular formula is C12H15N5O3. The summed E-state index contributed by atoms with van der Waals surface area (Å²) in [5.41, 5.74) is 2.93. The number of amides is 1. The fourth-order valence-electron chi connectivity index (χ4n) is 1.99. The minimum absolute atomic E-state index is 0.00679. The van der Waals surface area contributed by atoms with E-state index in [1.54, 1.807) is 19.2 Å². The molecule has 0 saturated carbocycles. The zero-order chi connectivity index (χ0) is 14.5. The second kappa shape index (κ2) is 6.09. The lowest BCUT2D eigenvalue weighted by molar-refractivity contribution is -0.384. The number of carbonyl (C=O) groups is 1. The molecular weight excluding hydrogens is 262 g/mol. The number of aromatic nitrogens is 1. The van der Waals surface area contributed by atoms with Crippen molar-refractivity contribution < 1.29 is 9.72 Å². The average molecular weight is 277 g/mol. The van der Waals surface area contributed by atoms with Crippen molar-refractivity contribution >= 4 is 23.6 Å². The van der Waals surface area contributed by atoms with E-state index in [4.69, 9.17) is 0 Å². The topological polar surface area (TPSA) is 110 Å². The van der Waals surface area contributed by atoms with Crippen LogP contribution in [0.5, 0.6) is 0 Å². The van der Waals surface area contributed by atoms with Gasteiger partial charge in [0, 0.05) is 24.5 Å². The smallest absolute Gasteiger partial charge is 0.314 e. The molecule has 20 heavy (non-hydrogen) atoms. The summed E-state index contributed by atoms with van der Waals surface area (Å²) in [7, 11) is 0. The lowest BCUT2D eigenvalue weighted by atomic mass is 10.1. The summed E-state index contributed by atoms with van der Waals surface area (Å²) in [5, 5.41) is 17.6. The third kappa shape index (κ3) is 3.08. The Kier molecular flexibility index (Phi) is 4.24. The summed E-state index contributed by atoms with van der Waals surface area (Å²) in [6, 6.07) is 1.60. The lowest BCUT2D eigenvalue weighted by Crippen LogP contribution is -2.20. The van der Waals surface area contributed by atoms with Gasteiger partial charge >= 0.3 is 5.69 Å². The number of nitrogens with one attached hydrogen (secondary N) is 2. The van der Waals surface area contributed by atoms with Gasteiger partial charge in [-0.2, -0.15) is 5.10 Å². The van der Waals surface area contributed by atoms with Crippen LogP contribution in [0.3, 0.4) is 0 Å². The number of hydrogen-bond acceptors (Lipinski definition) is 6. The van der Waals surface area contributed by atoms with Crippen molar-refractivity contribution in [3.63, 3.8) is 0 Å². The van der Waals surface area contributed by atoms with E-state index in [1.165, 1.54) is 6.20 Å². The van der Waals surface area contributed by atoms with Gasteiger partial charge in [-0.05, 0) is 25.8 Å². The molecule has 0 bridgehead atoms. The van der Waals surface area contributed by atoms with Crippen molar-refractivity contribution in [2.75, 3.05) is 11.9 Å². The summed E-state index contributed by atoms with van der Waals surface area (Å²) in [5.74, 6) is -0.0542. The van der Waals surface area contributed by atoms with Crippen LogP contribution in [0.25, 0.3) is 0 Å². The minimum Gasteiger partial charge on any atom is -0.364 e. The maximum atomic E-state index is 11.3. The first kappa shape index (κ1) is 13.9. The largest absolute Gasteiger partial charge is 0.364 e. The number of rotatable bonds is 6. The first-order valence-electron chi connectivity index (χ1n) is 6.26. The van der Waals surface area contributed by atoms with Crippen LogP contribution >= 0.6 is 0 Å². The molecule has 2 rings (SSSR count). The highest BCUT2D eigenvalue weighted by Crippen LogP contribution is 2.25. The van der Waals surface area contributed by atoms with Gasteiger partial charge < -0.3 is 5.32 Å². The minimum atomic E-state index is -0.443. The number of hydrogen-bond donors (Lipinski definition) is 2. The van der Waals surface area contributed by atoms with Gasteiger partial charge in [0.1, 0.15) is 0 Å². The van der Waals surface area contributed by atoms with Gasteiger partial charge in [0.05, 0.1) is 10.8 Å². The van der Waals surface area contributed by atoms with Crippen molar-refractivity contribution in [2.24, 2.45) is 11.0 Å². The number of aryl methyl sites for hydroxylation is 1. The first-order valence-corrected chi connectivity index (χ1v) is 6.26. The molecule has 8 nitrogen and oxygen atoms in total. The van der Waals surface area contributed by atoms with Gasteiger partial charge in [0.15, 0.2) is 0 Å². The van der Waals surface area contributed by atoms with Crippen LogP contribution in [0.15, 0.2) is 17.4 Å². The molecule has 8 heteroatoms. The molecule has 1 aliphatic heterocycles. The van der Waals surface area contributed by atoms with E-state index in [-0.39, 0.29) is 23.3 Å². The van der Waals surface area contributed by atoms with Crippen LogP contribution in [-0.2, 0) is 4.79 Å². The highest BCUT2D eigenvalue weighted by molar-refractivity contribution is 5.97. The molecule has 0 aromatic carbocycles. The van der Waals surface area contributed by atoms with Gasteiger partial charge in [-0.3, -0.25) is 14.9 Å². The van der Waals surface area contributed by atoms with Gasteiger partial charge in [0.25, 0.3) is 0 Å². The van der Waals surface area contributed by atoms with E-state index < -0.39 is 4.92 Å². The van der Waals surface area contributed by atoms with Gasteiger partial charge in [0.2, 0.25) is 11.7 Å². The predicted octanol–water partition coefficient (Wildman–Crippen LogP) is 1.22. The van der Waals surface area contributed by atoms with E-state index in [1.807, 2.05) is 0 Å². The summed E-state index contributed by atoms with van der Waals surface area (Å²) in [6.45, 7) is 2.18. The van der Waals surface area contributed by atoms with Crippen LogP contribution in [0.1, 0.15) is 18.4 Å². The third-order valence-electron chi connectivity index (χ3n) is 3.06.